The Hall–Kier alpha value is -0.910. The summed E-state index contributed by atoms with van der Waals surface area (Å²) in [6.07, 6.45) is 4.75. The third kappa shape index (κ3) is 3.68. The van der Waals surface area contributed by atoms with Crippen LogP contribution in [-0.4, -0.2) is 69.4 Å². The summed E-state index contributed by atoms with van der Waals surface area (Å²) in [5, 5.41) is 0. The van der Waals surface area contributed by atoms with Gasteiger partial charge in [0, 0.05) is 55.5 Å². The average molecular weight is 349 g/mol. The van der Waals surface area contributed by atoms with Crippen molar-refractivity contribution >= 4 is 23.1 Å². The minimum atomic E-state index is 0.590. The van der Waals surface area contributed by atoms with E-state index in [-0.39, 0.29) is 0 Å². The minimum Gasteiger partial charge on any atom is -0.398 e. The van der Waals surface area contributed by atoms with Crippen LogP contribution < -0.4 is 10.6 Å². The minimum absolute atomic E-state index is 0.590. The monoisotopic (exact) mass is 348 g/mol. The van der Waals surface area contributed by atoms with E-state index in [1.54, 1.807) is 11.8 Å². The van der Waals surface area contributed by atoms with Crippen molar-refractivity contribution in [1.82, 2.24) is 9.80 Å². The summed E-state index contributed by atoms with van der Waals surface area (Å²) in [5.41, 5.74) is 10.3. The zero-order valence-corrected chi connectivity index (χ0v) is 16.5. The first-order chi connectivity index (χ1) is 11.4. The van der Waals surface area contributed by atoms with Crippen LogP contribution in [0.15, 0.2) is 17.0 Å². The molecule has 2 heterocycles. The van der Waals surface area contributed by atoms with Gasteiger partial charge in [-0.1, -0.05) is 0 Å². The van der Waals surface area contributed by atoms with Crippen molar-refractivity contribution in [2.24, 2.45) is 5.41 Å². The van der Waals surface area contributed by atoms with Gasteiger partial charge in [0.25, 0.3) is 0 Å². The number of likely N-dealkylation sites (tertiary alicyclic amines) is 1. The molecule has 0 saturated carbocycles. The number of hydrogen-bond acceptors (Lipinski definition) is 5. The lowest BCUT2D eigenvalue weighted by Gasteiger charge is -2.54. The van der Waals surface area contributed by atoms with Crippen LogP contribution in [-0.2, 0) is 0 Å². The molecule has 2 aliphatic heterocycles. The second kappa shape index (κ2) is 7.14. The topological polar surface area (TPSA) is 35.7 Å². The molecule has 1 spiro atoms. The molecule has 5 heteroatoms. The predicted molar refractivity (Wildman–Crippen MR) is 106 cm³/mol. The molecule has 2 N–H and O–H groups in total. The number of hydrogen-bond donors (Lipinski definition) is 1. The Morgan fingerprint density at radius 3 is 2.46 bits per heavy atom. The Bertz CT molecular complexity index is 571. The molecule has 0 aliphatic carbocycles. The van der Waals surface area contributed by atoms with E-state index < -0.39 is 0 Å². The van der Waals surface area contributed by atoms with Crippen molar-refractivity contribution in [3.8, 4) is 0 Å². The Kier molecular flexibility index (Phi) is 5.33. The fraction of sp³-hybridized carbons (Fsp3) is 0.684. The van der Waals surface area contributed by atoms with E-state index in [9.17, 15) is 0 Å². The van der Waals surface area contributed by atoms with Crippen LogP contribution >= 0.6 is 11.8 Å². The van der Waals surface area contributed by atoms with E-state index in [0.29, 0.717) is 5.41 Å². The lowest BCUT2D eigenvalue weighted by molar-refractivity contribution is -0.0207. The van der Waals surface area contributed by atoms with E-state index in [2.05, 4.69) is 54.1 Å². The van der Waals surface area contributed by atoms with Gasteiger partial charge >= 0.3 is 0 Å². The third-order valence-electron chi connectivity index (χ3n) is 5.69. The number of nitrogens with zero attached hydrogens (tertiary/aromatic N) is 3. The first kappa shape index (κ1) is 17.9. The van der Waals surface area contributed by atoms with Crippen LogP contribution in [0.1, 0.15) is 18.4 Å². The number of likely N-dealkylation sites (N-methyl/N-ethyl adjacent to an activating group) is 1. The number of nitrogens with two attached hydrogens (primary N) is 1. The summed E-state index contributed by atoms with van der Waals surface area (Å²) in [6.45, 7) is 9.53. The van der Waals surface area contributed by atoms with Crippen LogP contribution in [0.25, 0.3) is 0 Å². The van der Waals surface area contributed by atoms with Crippen molar-refractivity contribution in [2.75, 3.05) is 70.3 Å². The molecule has 2 fully saturated rings. The average Bonchev–Trinajstić information content (AvgIpc) is 2.51. The SMILES string of the molecule is CSc1cc(N2CCC3(CC2)CN(CCN(C)C)C3)c(C)cc1N. The molecule has 0 atom stereocenters. The highest BCUT2D eigenvalue weighted by Gasteiger charge is 2.44. The van der Waals surface area contributed by atoms with Gasteiger partial charge in [-0.3, -0.25) is 0 Å². The number of piperidine rings is 1. The van der Waals surface area contributed by atoms with Gasteiger partial charge in [-0.2, -0.15) is 0 Å². The molecule has 2 saturated heterocycles. The zero-order chi connectivity index (χ0) is 17.3. The smallest absolute Gasteiger partial charge is 0.0456 e. The van der Waals surface area contributed by atoms with Gasteiger partial charge in [-0.15, -0.1) is 11.8 Å². The Morgan fingerprint density at radius 1 is 1.21 bits per heavy atom. The van der Waals surface area contributed by atoms with Crippen molar-refractivity contribution in [1.29, 1.82) is 0 Å². The number of nitrogen functional groups attached to an aromatic ring is 1. The lowest BCUT2D eigenvalue weighted by Crippen LogP contribution is -2.61. The third-order valence-corrected chi connectivity index (χ3v) is 6.49. The maximum absolute atomic E-state index is 6.12. The van der Waals surface area contributed by atoms with Gasteiger partial charge in [0.1, 0.15) is 0 Å². The lowest BCUT2D eigenvalue weighted by atomic mass is 9.72. The highest BCUT2D eigenvalue weighted by molar-refractivity contribution is 7.98. The number of benzene rings is 1. The maximum atomic E-state index is 6.12. The fourth-order valence-electron chi connectivity index (χ4n) is 4.16. The second-order valence-corrected chi connectivity index (χ2v) is 8.73. The van der Waals surface area contributed by atoms with Crippen molar-refractivity contribution in [3.63, 3.8) is 0 Å². The molecule has 134 valence electrons. The second-order valence-electron chi connectivity index (χ2n) is 7.88. The standard InChI is InChI=1S/C19H32N4S/c1-15-11-16(20)18(24-4)12-17(15)23-7-5-19(6-8-23)13-22(14-19)10-9-21(2)3/h11-12H,5-10,13-14,20H2,1-4H3. The highest BCUT2D eigenvalue weighted by Crippen LogP contribution is 2.42. The molecular weight excluding hydrogens is 316 g/mol. The van der Waals surface area contributed by atoms with E-state index in [0.717, 1.165) is 5.69 Å². The summed E-state index contributed by atoms with van der Waals surface area (Å²) in [6, 6.07) is 4.43. The van der Waals surface area contributed by atoms with Crippen LogP contribution in [0.2, 0.25) is 0 Å². The molecule has 0 bridgehead atoms. The quantitative estimate of drug-likeness (QED) is 0.654. The molecule has 0 amide bonds. The van der Waals surface area contributed by atoms with Gasteiger partial charge in [-0.25, -0.2) is 0 Å². The van der Waals surface area contributed by atoms with Gasteiger partial charge in [0.05, 0.1) is 0 Å². The molecule has 0 unspecified atom stereocenters. The number of rotatable bonds is 5. The normalized spacial score (nSPS) is 20.6. The van der Waals surface area contributed by atoms with Gasteiger partial charge in [0.2, 0.25) is 0 Å². The number of aryl methyl sites for hydroxylation is 1. The fourth-order valence-corrected chi connectivity index (χ4v) is 4.68. The molecule has 24 heavy (non-hydrogen) atoms. The Morgan fingerprint density at radius 2 is 1.88 bits per heavy atom. The van der Waals surface area contributed by atoms with Gasteiger partial charge in [0.15, 0.2) is 0 Å². The van der Waals surface area contributed by atoms with Crippen molar-refractivity contribution in [3.05, 3.63) is 17.7 Å². The maximum Gasteiger partial charge on any atom is 0.0456 e. The summed E-state index contributed by atoms with van der Waals surface area (Å²) in [5.74, 6) is 0. The van der Waals surface area contributed by atoms with E-state index in [1.807, 2.05) is 0 Å². The zero-order valence-electron chi connectivity index (χ0n) is 15.6. The molecule has 1 aromatic carbocycles. The van der Waals surface area contributed by atoms with Crippen LogP contribution in [0.4, 0.5) is 11.4 Å². The predicted octanol–water partition coefficient (Wildman–Crippen LogP) is 2.76. The van der Waals surface area contributed by atoms with E-state index in [4.69, 9.17) is 5.73 Å². The first-order valence-corrected chi connectivity index (χ1v) is 10.2. The Labute approximate surface area is 151 Å². The van der Waals surface area contributed by atoms with Crippen LogP contribution in [0.3, 0.4) is 0 Å². The van der Waals surface area contributed by atoms with E-state index in [1.165, 1.54) is 68.3 Å². The van der Waals surface area contributed by atoms with Gasteiger partial charge in [-0.05, 0) is 63.2 Å². The van der Waals surface area contributed by atoms with Gasteiger partial charge < -0.3 is 20.4 Å². The highest BCUT2D eigenvalue weighted by atomic mass is 32.2. The molecule has 4 nitrogen and oxygen atoms in total. The summed E-state index contributed by atoms with van der Waals surface area (Å²) in [4.78, 5) is 8.67. The summed E-state index contributed by atoms with van der Waals surface area (Å²) >= 11 is 1.74. The van der Waals surface area contributed by atoms with Crippen molar-refractivity contribution < 1.29 is 0 Å². The largest absolute Gasteiger partial charge is 0.398 e. The first-order valence-electron chi connectivity index (χ1n) is 8.99. The number of anilines is 2. The van der Waals surface area contributed by atoms with E-state index >= 15 is 0 Å². The Balaban J connectivity index is 1.57. The molecular formula is C19H32N4S. The molecule has 1 aromatic rings. The molecule has 0 aromatic heterocycles. The van der Waals surface area contributed by atoms with Crippen molar-refractivity contribution in [2.45, 2.75) is 24.7 Å². The summed E-state index contributed by atoms with van der Waals surface area (Å²) in [7, 11) is 4.32. The van der Waals surface area contributed by atoms with Crippen LogP contribution in [0.5, 0.6) is 0 Å². The molecule has 3 rings (SSSR count). The molecule has 2 aliphatic rings. The molecule has 0 radical (unpaired) electrons. The number of thioether (sulfide) groups is 1. The summed E-state index contributed by atoms with van der Waals surface area (Å²) < 4.78 is 0. The van der Waals surface area contributed by atoms with Crippen LogP contribution in [0, 0.1) is 12.3 Å².